The summed E-state index contributed by atoms with van der Waals surface area (Å²) in [5.41, 5.74) is -0.379. The van der Waals surface area contributed by atoms with Crippen LogP contribution in [0.5, 0.6) is 0 Å². The molecule has 1 fully saturated rings. The van der Waals surface area contributed by atoms with E-state index in [-0.39, 0.29) is 42.1 Å². The highest BCUT2D eigenvalue weighted by molar-refractivity contribution is 6.05. The molecule has 1 N–H and O–H groups in total. The summed E-state index contributed by atoms with van der Waals surface area (Å²) in [4.78, 5) is 40.2. The van der Waals surface area contributed by atoms with Gasteiger partial charge in [0.05, 0.1) is 17.4 Å². The van der Waals surface area contributed by atoms with Gasteiger partial charge in [-0.05, 0) is 49.9 Å². The number of aromatic amines is 1. The summed E-state index contributed by atoms with van der Waals surface area (Å²) in [6.07, 6.45) is 1.48. The van der Waals surface area contributed by atoms with Gasteiger partial charge in [-0.15, -0.1) is 0 Å². The van der Waals surface area contributed by atoms with E-state index in [1.54, 1.807) is 48.2 Å². The van der Waals surface area contributed by atoms with Gasteiger partial charge in [0.2, 0.25) is 0 Å². The van der Waals surface area contributed by atoms with Gasteiger partial charge in [-0.1, -0.05) is 30.3 Å². The van der Waals surface area contributed by atoms with Crippen molar-refractivity contribution >= 4 is 22.6 Å². The third-order valence-electron chi connectivity index (χ3n) is 5.93. The highest BCUT2D eigenvalue weighted by Crippen LogP contribution is 2.36. The van der Waals surface area contributed by atoms with Crippen molar-refractivity contribution in [2.45, 2.75) is 26.2 Å². The molecule has 2 aromatic carbocycles. The van der Waals surface area contributed by atoms with Crippen LogP contribution < -0.4 is 5.56 Å². The van der Waals surface area contributed by atoms with E-state index >= 15 is 0 Å². The molecule has 32 heavy (non-hydrogen) atoms. The Morgan fingerprint density at radius 3 is 2.59 bits per heavy atom. The average molecular weight is 437 g/mol. The molecule has 0 radical (unpaired) electrons. The predicted molar refractivity (Wildman–Crippen MR) is 117 cm³/mol. The number of amides is 1. The number of ether oxygens (including phenoxy) is 1. The van der Waals surface area contributed by atoms with Gasteiger partial charge in [-0.3, -0.25) is 14.4 Å². The van der Waals surface area contributed by atoms with Crippen molar-refractivity contribution in [2.24, 2.45) is 5.41 Å². The molecule has 166 valence electrons. The normalized spacial score (nSPS) is 18.5. The van der Waals surface area contributed by atoms with Crippen molar-refractivity contribution in [3.8, 4) is 0 Å². The number of fused-ring (bicyclic) bond motifs is 1. The van der Waals surface area contributed by atoms with Crippen molar-refractivity contribution < 1.29 is 18.7 Å². The third kappa shape index (κ3) is 4.12. The average Bonchev–Trinajstić information content (AvgIpc) is 2.81. The van der Waals surface area contributed by atoms with E-state index in [0.29, 0.717) is 36.6 Å². The van der Waals surface area contributed by atoms with Crippen LogP contribution in [0, 0.1) is 11.2 Å². The summed E-state index contributed by atoms with van der Waals surface area (Å²) < 4.78 is 18.8. The van der Waals surface area contributed by atoms with E-state index in [0.717, 1.165) is 5.56 Å². The van der Waals surface area contributed by atoms with Crippen LogP contribution in [0.15, 0.2) is 53.3 Å². The van der Waals surface area contributed by atoms with E-state index in [9.17, 15) is 18.8 Å². The molecule has 3 aromatic rings. The SMILES string of the molecule is CCOC(=O)[C@]1(Cc2ccc(F)cc2)CCCN(C(=O)c2n[nH]c(=O)c3ccccc23)C1. The molecule has 0 unspecified atom stereocenters. The number of H-pyrrole nitrogens is 1. The molecule has 0 spiro atoms. The molecule has 7 nitrogen and oxygen atoms in total. The maximum atomic E-state index is 13.4. The molecule has 0 bridgehead atoms. The summed E-state index contributed by atoms with van der Waals surface area (Å²) in [7, 11) is 0. The molecule has 1 amide bonds. The number of hydrogen-bond donors (Lipinski definition) is 1. The number of likely N-dealkylation sites (tertiary alicyclic amines) is 1. The summed E-state index contributed by atoms with van der Waals surface area (Å²) in [6, 6.07) is 12.8. The Balaban J connectivity index is 1.68. The number of aromatic nitrogens is 2. The molecule has 4 rings (SSSR count). The Labute approximate surface area is 184 Å². The van der Waals surface area contributed by atoms with Gasteiger partial charge in [0.1, 0.15) is 5.82 Å². The van der Waals surface area contributed by atoms with Crippen molar-refractivity contribution in [1.82, 2.24) is 15.1 Å². The Hall–Kier alpha value is -3.55. The Morgan fingerprint density at radius 1 is 1.16 bits per heavy atom. The standard InChI is InChI=1S/C24H24FN3O4/c1-2-32-23(31)24(14-16-8-10-17(25)11-9-16)12-5-13-28(15-24)22(30)20-18-6-3-4-7-19(18)21(29)27-26-20/h3-4,6-11H,2,5,12-15H2,1H3,(H,27,29)/t24-/m0/s1. The lowest BCUT2D eigenvalue weighted by Gasteiger charge is -2.41. The summed E-state index contributed by atoms with van der Waals surface area (Å²) in [5.74, 6) is -1.08. The summed E-state index contributed by atoms with van der Waals surface area (Å²) in [5, 5.41) is 7.25. The maximum Gasteiger partial charge on any atom is 0.314 e. The molecule has 0 aliphatic carbocycles. The highest BCUT2D eigenvalue weighted by Gasteiger charge is 2.45. The number of benzene rings is 2. The Kier molecular flexibility index (Phi) is 6.03. The van der Waals surface area contributed by atoms with E-state index in [4.69, 9.17) is 4.74 Å². The second kappa shape index (κ2) is 8.90. The van der Waals surface area contributed by atoms with Gasteiger partial charge < -0.3 is 9.64 Å². The van der Waals surface area contributed by atoms with Crippen LogP contribution in [0.2, 0.25) is 0 Å². The molecule has 1 aliphatic rings. The van der Waals surface area contributed by atoms with Crippen LogP contribution in [-0.2, 0) is 16.0 Å². The number of rotatable bonds is 5. The second-order valence-corrected chi connectivity index (χ2v) is 8.08. The number of carbonyl (C=O) groups excluding carboxylic acids is 2. The summed E-state index contributed by atoms with van der Waals surface area (Å²) >= 11 is 0. The van der Waals surface area contributed by atoms with Gasteiger partial charge in [0.25, 0.3) is 11.5 Å². The van der Waals surface area contributed by atoms with Gasteiger partial charge in [0, 0.05) is 18.5 Å². The van der Waals surface area contributed by atoms with Crippen LogP contribution in [0.3, 0.4) is 0 Å². The molecular weight excluding hydrogens is 413 g/mol. The number of nitrogens with one attached hydrogen (secondary N) is 1. The Bertz CT molecular complexity index is 1210. The predicted octanol–water partition coefficient (Wildman–Crippen LogP) is 3.09. The maximum absolute atomic E-state index is 13.4. The fourth-order valence-electron chi connectivity index (χ4n) is 4.39. The third-order valence-corrected chi connectivity index (χ3v) is 5.93. The van der Waals surface area contributed by atoms with Gasteiger partial charge >= 0.3 is 5.97 Å². The monoisotopic (exact) mass is 437 g/mol. The minimum Gasteiger partial charge on any atom is -0.466 e. The first-order chi connectivity index (χ1) is 15.4. The number of carbonyl (C=O) groups is 2. The number of piperidine rings is 1. The van der Waals surface area contributed by atoms with Crippen LogP contribution in [0.1, 0.15) is 35.8 Å². The number of hydrogen-bond acceptors (Lipinski definition) is 5. The molecular formula is C24H24FN3O4. The molecule has 8 heteroatoms. The van der Waals surface area contributed by atoms with E-state index < -0.39 is 5.41 Å². The molecule has 1 atom stereocenters. The molecule has 0 saturated carbocycles. The lowest BCUT2D eigenvalue weighted by atomic mass is 9.75. The first kappa shape index (κ1) is 21.7. The number of halogens is 1. The van der Waals surface area contributed by atoms with E-state index in [1.807, 2.05) is 0 Å². The highest BCUT2D eigenvalue weighted by atomic mass is 19.1. The fraction of sp³-hybridized carbons (Fsp3) is 0.333. The van der Waals surface area contributed by atoms with Crippen LogP contribution in [-0.4, -0.2) is 46.7 Å². The van der Waals surface area contributed by atoms with Gasteiger partial charge in [-0.25, -0.2) is 9.49 Å². The quantitative estimate of drug-likeness (QED) is 0.620. The van der Waals surface area contributed by atoms with Crippen LogP contribution in [0.25, 0.3) is 10.8 Å². The largest absolute Gasteiger partial charge is 0.466 e. The fourth-order valence-corrected chi connectivity index (χ4v) is 4.39. The van der Waals surface area contributed by atoms with Crippen molar-refractivity contribution in [1.29, 1.82) is 0 Å². The molecule has 1 saturated heterocycles. The molecule has 1 aromatic heterocycles. The zero-order chi connectivity index (χ0) is 22.7. The van der Waals surface area contributed by atoms with E-state index in [2.05, 4.69) is 10.2 Å². The van der Waals surface area contributed by atoms with Crippen molar-refractivity contribution in [3.05, 3.63) is 76.0 Å². The zero-order valence-corrected chi connectivity index (χ0v) is 17.8. The van der Waals surface area contributed by atoms with Crippen molar-refractivity contribution in [2.75, 3.05) is 19.7 Å². The lowest BCUT2D eigenvalue weighted by molar-refractivity contribution is -0.158. The first-order valence-electron chi connectivity index (χ1n) is 10.6. The van der Waals surface area contributed by atoms with Crippen molar-refractivity contribution in [3.63, 3.8) is 0 Å². The minimum atomic E-state index is -0.945. The number of esters is 1. The minimum absolute atomic E-state index is 0.140. The summed E-state index contributed by atoms with van der Waals surface area (Å²) in [6.45, 7) is 2.57. The topological polar surface area (TPSA) is 92.4 Å². The van der Waals surface area contributed by atoms with E-state index in [1.165, 1.54) is 12.1 Å². The number of nitrogens with zero attached hydrogens (tertiary/aromatic N) is 2. The van der Waals surface area contributed by atoms with Crippen LogP contribution in [0.4, 0.5) is 4.39 Å². The molecule has 2 heterocycles. The zero-order valence-electron chi connectivity index (χ0n) is 17.8. The first-order valence-corrected chi connectivity index (χ1v) is 10.6. The second-order valence-electron chi connectivity index (χ2n) is 8.08. The smallest absolute Gasteiger partial charge is 0.314 e. The molecule has 1 aliphatic heterocycles. The Morgan fingerprint density at radius 2 is 1.88 bits per heavy atom. The van der Waals surface area contributed by atoms with Gasteiger partial charge in [0.15, 0.2) is 5.69 Å². The lowest BCUT2D eigenvalue weighted by Crippen LogP contribution is -2.52. The van der Waals surface area contributed by atoms with Crippen LogP contribution >= 0.6 is 0 Å². The van der Waals surface area contributed by atoms with Gasteiger partial charge in [-0.2, -0.15) is 5.10 Å².